The number of aromatic nitrogens is 2. The van der Waals surface area contributed by atoms with Crippen molar-refractivity contribution >= 4 is 0 Å². The van der Waals surface area contributed by atoms with E-state index in [-0.39, 0.29) is 0 Å². The van der Waals surface area contributed by atoms with E-state index >= 15 is 0 Å². The van der Waals surface area contributed by atoms with Gasteiger partial charge in [0.15, 0.2) is 0 Å². The average molecular weight is 257 g/mol. The summed E-state index contributed by atoms with van der Waals surface area (Å²) in [5.41, 5.74) is 3.91. The molecule has 1 N–H and O–H groups in total. The van der Waals surface area contributed by atoms with Crippen LogP contribution in [0.15, 0.2) is 36.8 Å². The van der Waals surface area contributed by atoms with Gasteiger partial charge in [-0.15, -0.1) is 0 Å². The molecule has 0 fully saturated rings. The Balaban J connectivity index is 2.01. The fourth-order valence-electron chi connectivity index (χ4n) is 2.30. The summed E-state index contributed by atoms with van der Waals surface area (Å²) >= 11 is 0. The number of rotatable bonds is 6. The molecule has 3 nitrogen and oxygen atoms in total. The van der Waals surface area contributed by atoms with E-state index in [0.717, 1.165) is 19.5 Å². The normalized spacial score (nSPS) is 12.6. The maximum Gasteiger partial charge on any atom is 0.0948 e. The van der Waals surface area contributed by atoms with Crippen molar-refractivity contribution in [1.82, 2.24) is 14.9 Å². The van der Waals surface area contributed by atoms with Crippen LogP contribution in [0.4, 0.5) is 0 Å². The highest BCUT2D eigenvalue weighted by Crippen LogP contribution is 2.17. The van der Waals surface area contributed by atoms with E-state index in [9.17, 15) is 0 Å². The van der Waals surface area contributed by atoms with Gasteiger partial charge in [-0.05, 0) is 25.8 Å². The van der Waals surface area contributed by atoms with Gasteiger partial charge in [0.1, 0.15) is 0 Å². The van der Waals surface area contributed by atoms with Gasteiger partial charge in [-0.2, -0.15) is 0 Å². The van der Waals surface area contributed by atoms with Gasteiger partial charge in [0.05, 0.1) is 12.0 Å². The van der Waals surface area contributed by atoms with Crippen molar-refractivity contribution in [2.24, 2.45) is 0 Å². The molecule has 1 unspecified atom stereocenters. The largest absolute Gasteiger partial charge is 0.334 e. The molecule has 0 amide bonds. The van der Waals surface area contributed by atoms with Crippen molar-refractivity contribution in [3.8, 4) is 0 Å². The summed E-state index contributed by atoms with van der Waals surface area (Å²) < 4.78 is 2.18. The zero-order valence-corrected chi connectivity index (χ0v) is 12.1. The number of nitrogens with zero attached hydrogens (tertiary/aromatic N) is 2. The number of hydrogen-bond acceptors (Lipinski definition) is 2. The summed E-state index contributed by atoms with van der Waals surface area (Å²) in [6, 6.07) is 9.19. The standard InChI is InChI=1S/C16H23N3/c1-4-16(14-8-6-13(3)7-9-14)18-11-15-10-17-12-19(15)5-2/h6-10,12,16,18H,4-5,11H2,1-3H3. The van der Waals surface area contributed by atoms with E-state index in [1.165, 1.54) is 16.8 Å². The highest BCUT2D eigenvalue weighted by molar-refractivity contribution is 5.24. The van der Waals surface area contributed by atoms with Crippen molar-refractivity contribution in [3.05, 3.63) is 53.6 Å². The quantitative estimate of drug-likeness (QED) is 0.859. The Morgan fingerprint density at radius 2 is 1.95 bits per heavy atom. The molecule has 19 heavy (non-hydrogen) atoms. The van der Waals surface area contributed by atoms with Crippen LogP contribution in [-0.2, 0) is 13.1 Å². The lowest BCUT2D eigenvalue weighted by molar-refractivity contribution is 0.503. The Hall–Kier alpha value is -1.61. The van der Waals surface area contributed by atoms with Gasteiger partial charge >= 0.3 is 0 Å². The van der Waals surface area contributed by atoms with Crippen LogP contribution >= 0.6 is 0 Å². The smallest absolute Gasteiger partial charge is 0.0948 e. The molecule has 1 heterocycles. The van der Waals surface area contributed by atoms with Crippen LogP contribution in [0.1, 0.15) is 43.1 Å². The summed E-state index contributed by atoms with van der Waals surface area (Å²) in [5.74, 6) is 0. The van der Waals surface area contributed by atoms with Crippen LogP contribution < -0.4 is 5.32 Å². The molecule has 0 saturated carbocycles. The van der Waals surface area contributed by atoms with Crippen LogP contribution in [0.5, 0.6) is 0 Å². The summed E-state index contributed by atoms with van der Waals surface area (Å²) in [6.07, 6.45) is 4.92. The summed E-state index contributed by atoms with van der Waals surface area (Å²) in [5, 5.41) is 3.62. The molecule has 0 saturated heterocycles. The second-order valence-corrected chi connectivity index (χ2v) is 4.92. The predicted molar refractivity (Wildman–Crippen MR) is 79.0 cm³/mol. The summed E-state index contributed by atoms with van der Waals surface area (Å²) in [4.78, 5) is 4.20. The van der Waals surface area contributed by atoms with E-state index in [1.54, 1.807) is 0 Å². The Kier molecular flexibility index (Phi) is 4.74. The SMILES string of the molecule is CCC(NCc1cncn1CC)c1ccc(C)cc1. The predicted octanol–water partition coefficient (Wildman–Crippen LogP) is 3.45. The fourth-order valence-corrected chi connectivity index (χ4v) is 2.30. The molecule has 0 aliphatic rings. The van der Waals surface area contributed by atoms with Gasteiger partial charge in [-0.3, -0.25) is 0 Å². The first kappa shape index (κ1) is 13.8. The first-order chi connectivity index (χ1) is 9.24. The van der Waals surface area contributed by atoms with Crippen molar-refractivity contribution in [2.75, 3.05) is 0 Å². The van der Waals surface area contributed by atoms with Gasteiger partial charge in [-0.25, -0.2) is 4.98 Å². The molecule has 0 spiro atoms. The number of imidazole rings is 1. The minimum atomic E-state index is 0.404. The van der Waals surface area contributed by atoms with E-state index < -0.39 is 0 Å². The first-order valence-corrected chi connectivity index (χ1v) is 7.03. The van der Waals surface area contributed by atoms with Crippen molar-refractivity contribution in [2.45, 2.75) is 46.3 Å². The zero-order chi connectivity index (χ0) is 13.7. The monoisotopic (exact) mass is 257 g/mol. The number of benzene rings is 1. The second-order valence-electron chi connectivity index (χ2n) is 4.92. The van der Waals surface area contributed by atoms with Crippen LogP contribution in [0.25, 0.3) is 0 Å². The zero-order valence-electron chi connectivity index (χ0n) is 12.1. The van der Waals surface area contributed by atoms with Crippen LogP contribution in [-0.4, -0.2) is 9.55 Å². The third-order valence-corrected chi connectivity index (χ3v) is 3.56. The molecule has 3 heteroatoms. The lowest BCUT2D eigenvalue weighted by Crippen LogP contribution is -2.21. The topological polar surface area (TPSA) is 29.9 Å². The molecule has 0 bridgehead atoms. The van der Waals surface area contributed by atoms with Crippen LogP contribution in [0, 0.1) is 6.92 Å². The van der Waals surface area contributed by atoms with E-state index in [2.05, 4.69) is 59.9 Å². The molecular formula is C16H23N3. The molecule has 1 atom stereocenters. The molecule has 0 aliphatic carbocycles. The van der Waals surface area contributed by atoms with Gasteiger partial charge in [0, 0.05) is 25.3 Å². The molecule has 1 aromatic carbocycles. The van der Waals surface area contributed by atoms with E-state index in [4.69, 9.17) is 0 Å². The molecular weight excluding hydrogens is 234 g/mol. The molecule has 0 radical (unpaired) electrons. The van der Waals surface area contributed by atoms with Gasteiger partial charge in [-0.1, -0.05) is 36.8 Å². The molecule has 0 aliphatic heterocycles. The van der Waals surface area contributed by atoms with E-state index in [1.807, 2.05) is 12.5 Å². The molecule has 1 aromatic heterocycles. The molecule has 2 rings (SSSR count). The maximum absolute atomic E-state index is 4.20. The maximum atomic E-state index is 4.20. The Morgan fingerprint density at radius 1 is 1.21 bits per heavy atom. The van der Waals surface area contributed by atoms with Gasteiger partial charge in [0.25, 0.3) is 0 Å². The fraction of sp³-hybridized carbons (Fsp3) is 0.438. The number of hydrogen-bond donors (Lipinski definition) is 1. The number of nitrogens with one attached hydrogen (secondary N) is 1. The third kappa shape index (κ3) is 3.44. The summed E-state index contributed by atoms with van der Waals surface area (Å²) in [6.45, 7) is 8.31. The average Bonchev–Trinajstić information content (AvgIpc) is 2.89. The Labute approximate surface area is 115 Å². The highest BCUT2D eigenvalue weighted by Gasteiger charge is 2.09. The van der Waals surface area contributed by atoms with Crippen molar-refractivity contribution in [3.63, 3.8) is 0 Å². The van der Waals surface area contributed by atoms with Crippen LogP contribution in [0.2, 0.25) is 0 Å². The van der Waals surface area contributed by atoms with Gasteiger partial charge < -0.3 is 9.88 Å². The minimum Gasteiger partial charge on any atom is -0.334 e. The highest BCUT2D eigenvalue weighted by atomic mass is 15.1. The minimum absolute atomic E-state index is 0.404. The lowest BCUT2D eigenvalue weighted by Gasteiger charge is -2.18. The second kappa shape index (κ2) is 6.53. The molecule has 2 aromatic rings. The van der Waals surface area contributed by atoms with Crippen LogP contribution in [0.3, 0.4) is 0 Å². The molecule has 102 valence electrons. The van der Waals surface area contributed by atoms with Gasteiger partial charge in [0.2, 0.25) is 0 Å². The first-order valence-electron chi connectivity index (χ1n) is 7.03. The van der Waals surface area contributed by atoms with E-state index in [0.29, 0.717) is 6.04 Å². The Bertz CT molecular complexity index is 499. The summed E-state index contributed by atoms with van der Waals surface area (Å²) in [7, 11) is 0. The number of aryl methyl sites for hydroxylation is 2. The van der Waals surface area contributed by atoms with Crippen molar-refractivity contribution in [1.29, 1.82) is 0 Å². The van der Waals surface area contributed by atoms with Crippen molar-refractivity contribution < 1.29 is 0 Å². The third-order valence-electron chi connectivity index (χ3n) is 3.56. The Morgan fingerprint density at radius 3 is 2.58 bits per heavy atom. The lowest BCUT2D eigenvalue weighted by atomic mass is 10.0.